The van der Waals surface area contributed by atoms with E-state index in [1.165, 1.54) is 16.9 Å². The Labute approximate surface area is 187 Å². The van der Waals surface area contributed by atoms with Gasteiger partial charge in [0.25, 0.3) is 5.56 Å². The number of carbonyl (C=O) groups is 1. The molecule has 0 radical (unpaired) electrons. The smallest absolute Gasteiger partial charge is 0.259 e. The van der Waals surface area contributed by atoms with E-state index in [0.717, 1.165) is 34.8 Å². The molecule has 1 atom stereocenters. The Kier molecular flexibility index (Phi) is 7.98. The zero-order valence-electron chi connectivity index (χ0n) is 18.8. The van der Waals surface area contributed by atoms with Gasteiger partial charge in [-0.2, -0.15) is 0 Å². The standard InChI is InChI=1S/C24H32N4O2S/c1-5-28(6-2)19(14-18-10-8-7-9-11-18)15-25-21(29)13-12-20-26-23(30)22-16(3)17(4)31-24(22)27-20/h7-11,19H,5-6,12-15H2,1-4H3,(H,25,29)(H,26,27,30). The van der Waals surface area contributed by atoms with Crippen LogP contribution in [0.15, 0.2) is 35.1 Å². The molecular weight excluding hydrogens is 408 g/mol. The monoisotopic (exact) mass is 440 g/mol. The largest absolute Gasteiger partial charge is 0.355 e. The van der Waals surface area contributed by atoms with E-state index in [-0.39, 0.29) is 17.5 Å². The van der Waals surface area contributed by atoms with Crippen molar-refractivity contribution in [3.63, 3.8) is 0 Å². The average molecular weight is 441 g/mol. The molecule has 3 rings (SSSR count). The van der Waals surface area contributed by atoms with Crippen molar-refractivity contribution < 1.29 is 4.79 Å². The van der Waals surface area contributed by atoms with Gasteiger partial charge in [0, 0.05) is 30.3 Å². The van der Waals surface area contributed by atoms with Gasteiger partial charge in [0.2, 0.25) is 5.91 Å². The molecule has 0 fully saturated rings. The summed E-state index contributed by atoms with van der Waals surface area (Å²) >= 11 is 1.53. The van der Waals surface area contributed by atoms with Crippen LogP contribution < -0.4 is 10.9 Å². The molecule has 0 spiro atoms. The van der Waals surface area contributed by atoms with Crippen LogP contribution in [0.4, 0.5) is 0 Å². The van der Waals surface area contributed by atoms with Gasteiger partial charge >= 0.3 is 0 Å². The summed E-state index contributed by atoms with van der Waals surface area (Å²) in [5.74, 6) is 0.546. The van der Waals surface area contributed by atoms with Crippen LogP contribution in [0, 0.1) is 13.8 Å². The first-order valence-corrected chi connectivity index (χ1v) is 11.8. The minimum atomic E-state index is -0.119. The van der Waals surface area contributed by atoms with Crippen molar-refractivity contribution in [2.24, 2.45) is 0 Å². The molecule has 0 aliphatic rings. The Morgan fingerprint density at radius 2 is 1.90 bits per heavy atom. The third kappa shape index (κ3) is 5.80. The van der Waals surface area contributed by atoms with Crippen molar-refractivity contribution in [1.82, 2.24) is 20.2 Å². The van der Waals surface area contributed by atoms with Crippen molar-refractivity contribution in [3.8, 4) is 0 Å². The van der Waals surface area contributed by atoms with Gasteiger partial charge in [-0.15, -0.1) is 11.3 Å². The molecule has 1 amide bonds. The molecule has 0 aliphatic carbocycles. The number of H-pyrrole nitrogens is 1. The normalized spacial score (nSPS) is 12.4. The molecule has 0 saturated heterocycles. The molecule has 3 aromatic rings. The van der Waals surface area contributed by atoms with Crippen molar-refractivity contribution in [1.29, 1.82) is 0 Å². The number of amides is 1. The maximum Gasteiger partial charge on any atom is 0.259 e. The number of thiophene rings is 1. The van der Waals surface area contributed by atoms with Crippen LogP contribution in [0.25, 0.3) is 10.2 Å². The lowest BCUT2D eigenvalue weighted by atomic mass is 10.0. The number of nitrogens with zero attached hydrogens (tertiary/aromatic N) is 2. The second kappa shape index (κ2) is 10.7. The van der Waals surface area contributed by atoms with Gasteiger partial charge in [0.15, 0.2) is 0 Å². The van der Waals surface area contributed by atoms with E-state index in [2.05, 4.69) is 46.2 Å². The van der Waals surface area contributed by atoms with Crippen LogP contribution in [0.2, 0.25) is 0 Å². The zero-order chi connectivity index (χ0) is 22.4. The third-order valence-corrected chi connectivity index (χ3v) is 6.96. The van der Waals surface area contributed by atoms with Crippen LogP contribution in [-0.4, -0.2) is 46.5 Å². The van der Waals surface area contributed by atoms with Gasteiger partial charge in [0.05, 0.1) is 5.39 Å². The topological polar surface area (TPSA) is 78.1 Å². The zero-order valence-corrected chi connectivity index (χ0v) is 19.6. The second-order valence-electron chi connectivity index (χ2n) is 7.84. The maximum atomic E-state index is 12.5. The number of hydrogen-bond donors (Lipinski definition) is 2. The Morgan fingerprint density at radius 3 is 2.58 bits per heavy atom. The van der Waals surface area contributed by atoms with Gasteiger partial charge in [-0.1, -0.05) is 44.2 Å². The number of fused-ring (bicyclic) bond motifs is 1. The Bertz CT molecular complexity index is 1070. The first-order valence-electron chi connectivity index (χ1n) is 11.0. The van der Waals surface area contributed by atoms with Gasteiger partial charge < -0.3 is 10.3 Å². The van der Waals surface area contributed by atoms with Gasteiger partial charge in [0.1, 0.15) is 10.7 Å². The summed E-state index contributed by atoms with van der Waals surface area (Å²) < 4.78 is 0. The van der Waals surface area contributed by atoms with Crippen molar-refractivity contribution in [3.05, 3.63) is 62.5 Å². The number of carbonyl (C=O) groups excluding carboxylic acids is 1. The minimum Gasteiger partial charge on any atom is -0.355 e. The molecule has 2 aromatic heterocycles. The summed E-state index contributed by atoms with van der Waals surface area (Å²) in [7, 11) is 0. The van der Waals surface area contributed by atoms with Gasteiger partial charge in [-0.05, 0) is 44.5 Å². The highest BCUT2D eigenvalue weighted by atomic mass is 32.1. The third-order valence-electron chi connectivity index (χ3n) is 5.85. The highest BCUT2D eigenvalue weighted by Gasteiger charge is 2.18. The maximum absolute atomic E-state index is 12.5. The first-order chi connectivity index (χ1) is 14.9. The van der Waals surface area contributed by atoms with E-state index in [4.69, 9.17) is 0 Å². The van der Waals surface area contributed by atoms with Crippen molar-refractivity contribution in [2.45, 2.75) is 53.0 Å². The highest BCUT2D eigenvalue weighted by Crippen LogP contribution is 2.25. The molecule has 2 heterocycles. The van der Waals surface area contributed by atoms with Crippen molar-refractivity contribution in [2.75, 3.05) is 19.6 Å². The molecule has 31 heavy (non-hydrogen) atoms. The van der Waals surface area contributed by atoms with Crippen LogP contribution in [0.1, 0.15) is 42.1 Å². The van der Waals surface area contributed by atoms with Crippen LogP contribution >= 0.6 is 11.3 Å². The fraction of sp³-hybridized carbons (Fsp3) is 0.458. The molecule has 2 N–H and O–H groups in total. The molecular formula is C24H32N4O2S. The summed E-state index contributed by atoms with van der Waals surface area (Å²) in [6, 6.07) is 10.6. The predicted molar refractivity (Wildman–Crippen MR) is 128 cm³/mol. The lowest BCUT2D eigenvalue weighted by Crippen LogP contribution is -2.45. The summed E-state index contributed by atoms with van der Waals surface area (Å²) in [5, 5.41) is 3.76. The second-order valence-corrected chi connectivity index (χ2v) is 9.05. The van der Waals surface area contributed by atoms with E-state index >= 15 is 0 Å². The number of aryl methyl sites for hydroxylation is 3. The number of rotatable bonds is 10. The molecule has 0 aliphatic heterocycles. The predicted octanol–water partition coefficient (Wildman–Crippen LogP) is 3.60. The number of aromatic nitrogens is 2. The Balaban J connectivity index is 1.60. The average Bonchev–Trinajstić information content (AvgIpc) is 3.05. The number of likely N-dealkylation sites (N-methyl/N-ethyl adjacent to an activating group) is 1. The van der Waals surface area contributed by atoms with E-state index in [1.807, 2.05) is 32.0 Å². The number of hydrogen-bond acceptors (Lipinski definition) is 5. The number of benzene rings is 1. The van der Waals surface area contributed by atoms with Crippen LogP contribution in [-0.2, 0) is 17.6 Å². The first kappa shape index (κ1) is 23.2. The quantitative estimate of drug-likeness (QED) is 0.505. The van der Waals surface area contributed by atoms with E-state index in [0.29, 0.717) is 30.6 Å². The van der Waals surface area contributed by atoms with Gasteiger partial charge in [-0.3, -0.25) is 14.5 Å². The fourth-order valence-corrected chi connectivity index (χ4v) is 4.98. The molecule has 166 valence electrons. The molecule has 6 nitrogen and oxygen atoms in total. The fourth-order valence-electron chi connectivity index (χ4n) is 3.93. The number of aromatic amines is 1. The summed E-state index contributed by atoms with van der Waals surface area (Å²) in [6.45, 7) is 10.7. The van der Waals surface area contributed by atoms with E-state index in [1.54, 1.807) is 0 Å². The minimum absolute atomic E-state index is 0.0218. The Morgan fingerprint density at radius 1 is 1.19 bits per heavy atom. The molecule has 0 bridgehead atoms. The Hall–Kier alpha value is -2.51. The lowest BCUT2D eigenvalue weighted by Gasteiger charge is -2.30. The van der Waals surface area contributed by atoms with E-state index < -0.39 is 0 Å². The van der Waals surface area contributed by atoms with Crippen molar-refractivity contribution >= 4 is 27.5 Å². The lowest BCUT2D eigenvalue weighted by molar-refractivity contribution is -0.121. The summed E-state index contributed by atoms with van der Waals surface area (Å²) in [6.07, 6.45) is 1.61. The highest BCUT2D eigenvalue weighted by molar-refractivity contribution is 7.18. The molecule has 1 aromatic carbocycles. The molecule has 1 unspecified atom stereocenters. The van der Waals surface area contributed by atoms with Crippen LogP contribution in [0.3, 0.4) is 0 Å². The SMILES string of the molecule is CCN(CC)C(CNC(=O)CCc1nc2sc(C)c(C)c2c(=O)[nH]1)Cc1ccccc1. The van der Waals surface area contributed by atoms with Crippen LogP contribution in [0.5, 0.6) is 0 Å². The summed E-state index contributed by atoms with van der Waals surface area (Å²) in [4.78, 5) is 36.6. The van der Waals surface area contributed by atoms with E-state index in [9.17, 15) is 9.59 Å². The molecule has 7 heteroatoms. The molecule has 0 saturated carbocycles. The number of nitrogens with one attached hydrogen (secondary N) is 2. The summed E-state index contributed by atoms with van der Waals surface area (Å²) in [5.41, 5.74) is 2.14. The van der Waals surface area contributed by atoms with Gasteiger partial charge in [-0.25, -0.2) is 4.98 Å².